The van der Waals surface area contributed by atoms with Crippen molar-refractivity contribution in [3.8, 4) is 0 Å². The van der Waals surface area contributed by atoms with Crippen LogP contribution in [0.25, 0.3) is 0 Å². The van der Waals surface area contributed by atoms with E-state index >= 15 is 0 Å². The predicted octanol–water partition coefficient (Wildman–Crippen LogP) is -5.12. The van der Waals surface area contributed by atoms with Gasteiger partial charge in [-0.3, -0.25) is 0 Å². The van der Waals surface area contributed by atoms with Gasteiger partial charge in [-0.15, -0.1) is 0 Å². The molecule has 10 atom stereocenters. The van der Waals surface area contributed by atoms with Crippen molar-refractivity contribution < 1.29 is 29.9 Å². The Hall–Kier alpha value is -0.400. The molecule has 1 aliphatic heterocycles. The maximum absolute atomic E-state index is 10.1. The van der Waals surface area contributed by atoms with Crippen LogP contribution in [0.2, 0.25) is 0 Å². The second-order valence-corrected chi connectivity index (χ2v) is 5.98. The molecule has 0 aromatic rings. The summed E-state index contributed by atoms with van der Waals surface area (Å²) in [6, 6.07) is -2.34. The summed E-state index contributed by atoms with van der Waals surface area (Å²) >= 11 is 0. The highest BCUT2D eigenvalue weighted by Gasteiger charge is 2.47. The number of hydrogen-bond acceptors (Lipinski definition) is 10. The highest BCUT2D eigenvalue weighted by atomic mass is 16.7. The third-order valence-electron chi connectivity index (χ3n) is 4.36. The normalized spacial score (nSPS) is 53.5. The molecule has 12 N–H and O–H groups in total. The second-order valence-electron chi connectivity index (χ2n) is 5.98. The Balaban J connectivity index is 2.08. The van der Waals surface area contributed by atoms with Crippen LogP contribution in [0.1, 0.15) is 6.42 Å². The van der Waals surface area contributed by atoms with Crippen LogP contribution in [-0.2, 0) is 9.47 Å². The molecule has 0 aromatic heterocycles. The molecule has 2 fully saturated rings. The van der Waals surface area contributed by atoms with Gasteiger partial charge in [0, 0.05) is 18.6 Å². The van der Waals surface area contributed by atoms with Gasteiger partial charge in [0.15, 0.2) is 6.29 Å². The number of rotatable bonds is 3. The first-order valence-electron chi connectivity index (χ1n) is 7.28. The lowest BCUT2D eigenvalue weighted by Crippen LogP contribution is -2.67. The Labute approximate surface area is 128 Å². The number of nitrogens with two attached hydrogens (primary N) is 4. The van der Waals surface area contributed by atoms with Crippen LogP contribution in [0.5, 0.6) is 0 Å². The van der Waals surface area contributed by atoms with Crippen LogP contribution in [0, 0.1) is 0 Å². The average molecular weight is 322 g/mol. The van der Waals surface area contributed by atoms with E-state index in [-0.39, 0.29) is 13.0 Å². The minimum atomic E-state index is -1.31. The molecule has 0 bridgehead atoms. The van der Waals surface area contributed by atoms with Gasteiger partial charge in [-0.1, -0.05) is 0 Å². The van der Waals surface area contributed by atoms with Gasteiger partial charge in [-0.25, -0.2) is 0 Å². The summed E-state index contributed by atoms with van der Waals surface area (Å²) in [6.45, 7) is -0.0441. The van der Waals surface area contributed by atoms with E-state index in [0.717, 1.165) is 0 Å². The minimum absolute atomic E-state index is 0.0441. The largest absolute Gasteiger partial charge is 0.389 e. The van der Waals surface area contributed by atoms with Gasteiger partial charge < -0.3 is 52.8 Å². The number of aliphatic hydroxyl groups is 4. The first-order valence-corrected chi connectivity index (χ1v) is 7.28. The summed E-state index contributed by atoms with van der Waals surface area (Å²) in [5.41, 5.74) is 22.8. The molecule has 0 amide bonds. The summed E-state index contributed by atoms with van der Waals surface area (Å²) in [5.74, 6) is 0. The summed E-state index contributed by atoms with van der Waals surface area (Å²) in [5, 5.41) is 39.6. The molecule has 1 heterocycles. The van der Waals surface area contributed by atoms with Crippen molar-refractivity contribution in [3.05, 3.63) is 0 Å². The molecular weight excluding hydrogens is 296 g/mol. The maximum Gasteiger partial charge on any atom is 0.176 e. The standard InChI is InChI=1S/C12H26N4O6/c13-2-5-8(18)9(19)6(16)12(21-5)22-11-4(15)1-3(14)7(17)10(11)20/h3-12,17-20H,1-2,13-16H2/t3-,4+,5-,6?,7?,8?,9?,10?,11?,12-/m1/s1. The fraction of sp³-hybridized carbons (Fsp3) is 1.00. The minimum Gasteiger partial charge on any atom is -0.389 e. The molecule has 0 aromatic carbocycles. The van der Waals surface area contributed by atoms with Crippen molar-refractivity contribution in [3.63, 3.8) is 0 Å². The van der Waals surface area contributed by atoms with E-state index in [1.165, 1.54) is 0 Å². The van der Waals surface area contributed by atoms with Crippen molar-refractivity contribution in [2.75, 3.05) is 6.54 Å². The molecular formula is C12H26N4O6. The number of hydrogen-bond donors (Lipinski definition) is 8. The van der Waals surface area contributed by atoms with Crippen LogP contribution < -0.4 is 22.9 Å². The molecule has 1 aliphatic carbocycles. The first kappa shape index (κ1) is 17.9. The molecule has 130 valence electrons. The van der Waals surface area contributed by atoms with E-state index in [1.54, 1.807) is 0 Å². The quantitative estimate of drug-likeness (QED) is 0.248. The molecule has 10 heteroatoms. The monoisotopic (exact) mass is 322 g/mol. The molecule has 1 saturated heterocycles. The highest BCUT2D eigenvalue weighted by molar-refractivity contribution is 4.99. The fourth-order valence-electron chi connectivity index (χ4n) is 2.89. The Kier molecular flexibility index (Phi) is 5.72. The molecule has 1 saturated carbocycles. The number of aliphatic hydroxyl groups excluding tert-OH is 4. The summed E-state index contributed by atoms with van der Waals surface area (Å²) in [4.78, 5) is 0. The zero-order valence-corrected chi connectivity index (χ0v) is 12.1. The molecule has 2 rings (SSSR count). The second kappa shape index (κ2) is 7.01. The molecule has 2 aliphatic rings. The number of ether oxygens (including phenoxy) is 2. The van der Waals surface area contributed by atoms with E-state index < -0.39 is 61.0 Å². The van der Waals surface area contributed by atoms with Gasteiger partial charge in [-0.2, -0.15) is 0 Å². The summed E-state index contributed by atoms with van der Waals surface area (Å²) in [6.07, 6.45) is -7.73. The smallest absolute Gasteiger partial charge is 0.176 e. The summed E-state index contributed by atoms with van der Waals surface area (Å²) < 4.78 is 11.0. The van der Waals surface area contributed by atoms with Crippen LogP contribution in [0.3, 0.4) is 0 Å². The zero-order valence-electron chi connectivity index (χ0n) is 12.1. The van der Waals surface area contributed by atoms with Gasteiger partial charge in [-0.05, 0) is 6.42 Å². The lowest BCUT2D eigenvalue weighted by molar-refractivity contribution is -0.287. The third-order valence-corrected chi connectivity index (χ3v) is 4.36. The van der Waals surface area contributed by atoms with E-state index in [2.05, 4.69) is 0 Å². The Morgan fingerprint density at radius 1 is 0.909 bits per heavy atom. The topological polar surface area (TPSA) is 203 Å². The highest BCUT2D eigenvalue weighted by Crippen LogP contribution is 2.26. The SMILES string of the molecule is NC[C@H]1O[C@H](OC2C(O)C(O)[C@H](N)C[C@@H]2N)C(N)C(O)C1O. The van der Waals surface area contributed by atoms with Crippen molar-refractivity contribution in [1.29, 1.82) is 0 Å². The van der Waals surface area contributed by atoms with Crippen LogP contribution in [-0.4, -0.2) is 88.0 Å². The Morgan fingerprint density at radius 3 is 2.14 bits per heavy atom. The fourth-order valence-corrected chi connectivity index (χ4v) is 2.89. The van der Waals surface area contributed by atoms with Crippen molar-refractivity contribution >= 4 is 0 Å². The van der Waals surface area contributed by atoms with E-state index in [1.807, 2.05) is 0 Å². The third kappa shape index (κ3) is 3.26. The van der Waals surface area contributed by atoms with Crippen LogP contribution in [0.15, 0.2) is 0 Å². The lowest BCUT2D eigenvalue weighted by atomic mass is 9.84. The van der Waals surface area contributed by atoms with E-state index in [9.17, 15) is 20.4 Å². The Morgan fingerprint density at radius 2 is 1.55 bits per heavy atom. The molecule has 10 nitrogen and oxygen atoms in total. The van der Waals surface area contributed by atoms with Crippen molar-refractivity contribution in [2.24, 2.45) is 22.9 Å². The Bertz CT molecular complexity index is 376. The van der Waals surface area contributed by atoms with Crippen molar-refractivity contribution in [1.82, 2.24) is 0 Å². The van der Waals surface area contributed by atoms with Gasteiger partial charge in [0.05, 0.1) is 12.1 Å². The predicted molar refractivity (Wildman–Crippen MR) is 75.2 cm³/mol. The van der Waals surface area contributed by atoms with Crippen molar-refractivity contribution in [2.45, 2.75) is 67.5 Å². The van der Waals surface area contributed by atoms with E-state index in [0.29, 0.717) is 0 Å². The van der Waals surface area contributed by atoms with Crippen LogP contribution in [0.4, 0.5) is 0 Å². The van der Waals surface area contributed by atoms with Crippen LogP contribution >= 0.6 is 0 Å². The lowest BCUT2D eigenvalue weighted by Gasteiger charge is -2.45. The molecule has 6 unspecified atom stereocenters. The zero-order chi connectivity index (χ0) is 16.6. The first-order chi connectivity index (χ1) is 10.3. The van der Waals surface area contributed by atoms with E-state index in [4.69, 9.17) is 32.4 Å². The molecule has 0 spiro atoms. The van der Waals surface area contributed by atoms with Gasteiger partial charge in [0.2, 0.25) is 0 Å². The maximum atomic E-state index is 10.1. The van der Waals surface area contributed by atoms with Gasteiger partial charge >= 0.3 is 0 Å². The molecule has 0 radical (unpaired) electrons. The average Bonchev–Trinajstić information content (AvgIpc) is 2.49. The van der Waals surface area contributed by atoms with Gasteiger partial charge in [0.25, 0.3) is 0 Å². The van der Waals surface area contributed by atoms with Gasteiger partial charge in [0.1, 0.15) is 30.5 Å². The molecule has 22 heavy (non-hydrogen) atoms. The summed E-state index contributed by atoms with van der Waals surface area (Å²) in [7, 11) is 0.